The first-order chi connectivity index (χ1) is 5.16. The first-order valence-electron chi connectivity index (χ1n) is 4.00. The monoisotopic (exact) mass is 157 g/mol. The number of hydrogen-bond donors (Lipinski definition) is 1. The lowest BCUT2D eigenvalue weighted by Crippen LogP contribution is -2.26. The average Bonchev–Trinajstić information content (AvgIpc) is 2.30. The van der Waals surface area contributed by atoms with Crippen molar-refractivity contribution in [1.82, 2.24) is 0 Å². The number of rotatable bonds is 2. The molecule has 0 bridgehead atoms. The molecule has 0 fully saturated rings. The minimum Gasteiger partial charge on any atom is -0.392 e. The maximum atomic E-state index is 8.83. The standard InChI is InChI=1S/C8H15NO2/c1-5(2)8-6(3)7(4-10)9-11-8/h5-6,8,10H,4H2,1-3H3. The van der Waals surface area contributed by atoms with E-state index in [9.17, 15) is 0 Å². The predicted octanol–water partition coefficient (Wildman–Crippen LogP) is 1.03. The summed E-state index contributed by atoms with van der Waals surface area (Å²) in [6.07, 6.45) is 0.150. The topological polar surface area (TPSA) is 41.8 Å². The van der Waals surface area contributed by atoms with E-state index in [1.54, 1.807) is 0 Å². The van der Waals surface area contributed by atoms with Crippen LogP contribution in [0.2, 0.25) is 0 Å². The van der Waals surface area contributed by atoms with E-state index in [2.05, 4.69) is 19.0 Å². The van der Waals surface area contributed by atoms with Gasteiger partial charge in [-0.15, -0.1) is 0 Å². The Bertz CT molecular complexity index is 165. The van der Waals surface area contributed by atoms with Gasteiger partial charge < -0.3 is 9.94 Å². The Morgan fingerprint density at radius 1 is 1.64 bits per heavy atom. The van der Waals surface area contributed by atoms with Crippen LogP contribution in [0.1, 0.15) is 20.8 Å². The minimum atomic E-state index is 0.0182. The van der Waals surface area contributed by atoms with Crippen LogP contribution in [0, 0.1) is 11.8 Å². The maximum Gasteiger partial charge on any atom is 0.137 e. The molecule has 1 aliphatic heterocycles. The summed E-state index contributed by atoms with van der Waals surface area (Å²) in [7, 11) is 0. The molecule has 1 heterocycles. The summed E-state index contributed by atoms with van der Waals surface area (Å²) in [4.78, 5) is 5.16. The zero-order valence-electron chi connectivity index (χ0n) is 7.24. The molecule has 0 aromatic carbocycles. The molecule has 11 heavy (non-hydrogen) atoms. The van der Waals surface area contributed by atoms with Crippen LogP contribution in [-0.2, 0) is 4.84 Å². The maximum absolute atomic E-state index is 8.83. The summed E-state index contributed by atoms with van der Waals surface area (Å²) in [5.41, 5.74) is 0.767. The van der Waals surface area contributed by atoms with Gasteiger partial charge in [0.1, 0.15) is 6.10 Å². The van der Waals surface area contributed by atoms with Crippen LogP contribution in [0.3, 0.4) is 0 Å². The molecule has 0 saturated carbocycles. The first-order valence-corrected chi connectivity index (χ1v) is 4.00. The third-order valence-corrected chi connectivity index (χ3v) is 2.13. The van der Waals surface area contributed by atoms with Gasteiger partial charge in [0.2, 0.25) is 0 Å². The van der Waals surface area contributed by atoms with E-state index >= 15 is 0 Å². The first kappa shape index (κ1) is 8.53. The number of hydrogen-bond acceptors (Lipinski definition) is 3. The van der Waals surface area contributed by atoms with Crippen molar-refractivity contribution >= 4 is 5.71 Å². The van der Waals surface area contributed by atoms with E-state index in [0.717, 1.165) is 5.71 Å². The van der Waals surface area contributed by atoms with Gasteiger partial charge in [-0.05, 0) is 5.92 Å². The Labute approximate surface area is 67.0 Å². The highest BCUT2D eigenvalue weighted by molar-refractivity contribution is 5.88. The highest BCUT2D eigenvalue weighted by Crippen LogP contribution is 2.23. The fourth-order valence-corrected chi connectivity index (χ4v) is 1.36. The number of aliphatic hydroxyl groups excluding tert-OH is 1. The molecule has 64 valence electrons. The molecule has 2 unspecified atom stereocenters. The third kappa shape index (κ3) is 1.53. The van der Waals surface area contributed by atoms with Crippen molar-refractivity contribution in [3.05, 3.63) is 0 Å². The van der Waals surface area contributed by atoms with Gasteiger partial charge in [-0.1, -0.05) is 25.9 Å². The molecule has 2 atom stereocenters. The van der Waals surface area contributed by atoms with Crippen molar-refractivity contribution in [2.75, 3.05) is 6.61 Å². The molecule has 0 spiro atoms. The van der Waals surface area contributed by atoms with E-state index in [1.165, 1.54) is 0 Å². The minimum absolute atomic E-state index is 0.0182. The molecule has 1 N–H and O–H groups in total. The second-order valence-corrected chi connectivity index (χ2v) is 3.34. The van der Waals surface area contributed by atoms with E-state index in [0.29, 0.717) is 5.92 Å². The summed E-state index contributed by atoms with van der Waals surface area (Å²) in [5, 5.41) is 12.6. The highest BCUT2D eigenvalue weighted by atomic mass is 16.6. The van der Waals surface area contributed by atoms with Crippen molar-refractivity contribution < 1.29 is 9.94 Å². The van der Waals surface area contributed by atoms with E-state index in [-0.39, 0.29) is 18.6 Å². The lowest BCUT2D eigenvalue weighted by atomic mass is 9.92. The van der Waals surface area contributed by atoms with Gasteiger partial charge in [0.25, 0.3) is 0 Å². The summed E-state index contributed by atoms with van der Waals surface area (Å²) >= 11 is 0. The zero-order valence-corrected chi connectivity index (χ0v) is 7.24. The molecular formula is C8H15NO2. The fraction of sp³-hybridized carbons (Fsp3) is 0.875. The van der Waals surface area contributed by atoms with Gasteiger partial charge in [0.15, 0.2) is 0 Å². The highest BCUT2D eigenvalue weighted by Gasteiger charge is 2.31. The lowest BCUT2D eigenvalue weighted by Gasteiger charge is -2.17. The molecule has 0 radical (unpaired) electrons. The summed E-state index contributed by atoms with van der Waals surface area (Å²) in [6, 6.07) is 0. The smallest absolute Gasteiger partial charge is 0.137 e. The number of oxime groups is 1. The van der Waals surface area contributed by atoms with E-state index < -0.39 is 0 Å². The van der Waals surface area contributed by atoms with Crippen molar-refractivity contribution in [3.8, 4) is 0 Å². The predicted molar refractivity (Wildman–Crippen MR) is 43.4 cm³/mol. The molecule has 0 saturated heterocycles. The Balaban J connectivity index is 2.56. The fourth-order valence-electron chi connectivity index (χ4n) is 1.36. The van der Waals surface area contributed by atoms with E-state index in [1.807, 2.05) is 6.92 Å². The molecule has 0 amide bonds. The van der Waals surface area contributed by atoms with Crippen molar-refractivity contribution in [2.45, 2.75) is 26.9 Å². The Kier molecular flexibility index (Phi) is 2.49. The van der Waals surface area contributed by atoms with Crippen LogP contribution in [0.25, 0.3) is 0 Å². The van der Waals surface area contributed by atoms with Crippen LogP contribution in [0.5, 0.6) is 0 Å². The van der Waals surface area contributed by atoms with Gasteiger partial charge in [0.05, 0.1) is 12.3 Å². The van der Waals surface area contributed by atoms with Crippen LogP contribution in [-0.4, -0.2) is 23.5 Å². The average molecular weight is 157 g/mol. The van der Waals surface area contributed by atoms with Crippen LogP contribution in [0.15, 0.2) is 5.16 Å². The summed E-state index contributed by atoms with van der Waals surface area (Å²) < 4.78 is 0. The molecule has 0 aromatic rings. The van der Waals surface area contributed by atoms with Crippen molar-refractivity contribution in [3.63, 3.8) is 0 Å². The van der Waals surface area contributed by atoms with Crippen molar-refractivity contribution in [1.29, 1.82) is 0 Å². The third-order valence-electron chi connectivity index (χ3n) is 2.13. The van der Waals surface area contributed by atoms with Gasteiger partial charge in [-0.25, -0.2) is 0 Å². The summed E-state index contributed by atoms with van der Waals surface area (Å²) in [5.74, 6) is 0.720. The Morgan fingerprint density at radius 2 is 2.27 bits per heavy atom. The Morgan fingerprint density at radius 3 is 2.55 bits per heavy atom. The Hall–Kier alpha value is -0.570. The number of aliphatic hydroxyl groups is 1. The second kappa shape index (κ2) is 3.22. The largest absolute Gasteiger partial charge is 0.392 e. The molecule has 3 heteroatoms. The van der Waals surface area contributed by atoms with Gasteiger partial charge in [-0.3, -0.25) is 0 Å². The van der Waals surface area contributed by atoms with Crippen LogP contribution in [0.4, 0.5) is 0 Å². The summed E-state index contributed by atoms with van der Waals surface area (Å²) in [6.45, 7) is 6.24. The molecular weight excluding hydrogens is 142 g/mol. The lowest BCUT2D eigenvalue weighted by molar-refractivity contribution is 0.0320. The van der Waals surface area contributed by atoms with Crippen molar-refractivity contribution in [2.24, 2.45) is 17.0 Å². The SMILES string of the molecule is CC(C)C1ON=C(CO)C1C. The molecule has 3 nitrogen and oxygen atoms in total. The molecule has 1 aliphatic rings. The normalized spacial score (nSPS) is 30.5. The van der Waals surface area contributed by atoms with E-state index in [4.69, 9.17) is 9.94 Å². The number of nitrogens with zero attached hydrogens (tertiary/aromatic N) is 1. The zero-order chi connectivity index (χ0) is 8.43. The van der Waals surface area contributed by atoms with Crippen LogP contribution < -0.4 is 0 Å². The van der Waals surface area contributed by atoms with Gasteiger partial charge in [-0.2, -0.15) is 0 Å². The van der Waals surface area contributed by atoms with Gasteiger partial charge >= 0.3 is 0 Å². The quantitative estimate of drug-likeness (QED) is 0.650. The van der Waals surface area contributed by atoms with Gasteiger partial charge in [0, 0.05) is 5.92 Å². The molecule has 1 rings (SSSR count). The van der Waals surface area contributed by atoms with Crippen LogP contribution >= 0.6 is 0 Å². The molecule has 0 aromatic heterocycles. The second-order valence-electron chi connectivity index (χ2n) is 3.34. The molecule has 0 aliphatic carbocycles.